The second-order valence-corrected chi connectivity index (χ2v) is 11.6. The molecule has 0 radical (unpaired) electrons. The standard InChI is InChI=1S/C26H33O3P/c1-17-11-12-26(6,29)23(15-17)30(21-10-8-7-9-19(21)16-27)22-14-18(2)13-20(24(22)28)25(3,4)5/h7-11,13-15,27-29H,12,16H2,1-6H3. The van der Waals surface area contributed by atoms with Crippen LogP contribution in [0.2, 0.25) is 0 Å². The lowest BCUT2D eigenvalue weighted by Gasteiger charge is -2.37. The van der Waals surface area contributed by atoms with Crippen LogP contribution in [0, 0.1) is 6.92 Å². The SMILES string of the molecule is CC1=CCC(C)(O)C(P(c2ccccc2CO)c2cc(C)cc(C(C)(C)C)c2O)=C1. The van der Waals surface area contributed by atoms with Gasteiger partial charge in [0.05, 0.1) is 12.2 Å². The van der Waals surface area contributed by atoms with E-state index in [-0.39, 0.29) is 17.8 Å². The Morgan fingerprint density at radius 2 is 1.73 bits per heavy atom. The van der Waals surface area contributed by atoms with Crippen molar-refractivity contribution in [2.45, 2.75) is 65.6 Å². The molecule has 0 amide bonds. The van der Waals surface area contributed by atoms with Gasteiger partial charge in [0, 0.05) is 10.9 Å². The summed E-state index contributed by atoms with van der Waals surface area (Å²) in [5.41, 5.74) is 2.66. The second kappa shape index (κ2) is 8.30. The van der Waals surface area contributed by atoms with Gasteiger partial charge < -0.3 is 15.3 Å². The minimum atomic E-state index is -1.25. The number of rotatable bonds is 4. The van der Waals surface area contributed by atoms with Crippen LogP contribution in [0.3, 0.4) is 0 Å². The monoisotopic (exact) mass is 424 g/mol. The molecule has 0 aliphatic heterocycles. The minimum absolute atomic E-state index is 0.0854. The van der Waals surface area contributed by atoms with Gasteiger partial charge in [0.2, 0.25) is 0 Å². The lowest BCUT2D eigenvalue weighted by atomic mass is 9.85. The van der Waals surface area contributed by atoms with E-state index in [9.17, 15) is 15.3 Å². The summed E-state index contributed by atoms with van der Waals surface area (Å²) in [6, 6.07) is 11.9. The molecule has 3 N–H and O–H groups in total. The van der Waals surface area contributed by atoms with Gasteiger partial charge >= 0.3 is 0 Å². The molecule has 1 aliphatic carbocycles. The van der Waals surface area contributed by atoms with E-state index < -0.39 is 13.5 Å². The Hall–Kier alpha value is -1.93. The Morgan fingerprint density at radius 1 is 1.07 bits per heavy atom. The molecule has 2 unspecified atom stereocenters. The first-order valence-corrected chi connectivity index (χ1v) is 11.7. The van der Waals surface area contributed by atoms with E-state index in [2.05, 4.69) is 26.8 Å². The van der Waals surface area contributed by atoms with Crippen LogP contribution in [-0.4, -0.2) is 20.9 Å². The maximum atomic E-state index is 11.4. The van der Waals surface area contributed by atoms with Gasteiger partial charge in [0.15, 0.2) is 0 Å². The molecule has 1 aliphatic rings. The lowest BCUT2D eigenvalue weighted by Crippen LogP contribution is -2.32. The zero-order chi connectivity index (χ0) is 22.3. The van der Waals surface area contributed by atoms with Crippen molar-refractivity contribution in [2.24, 2.45) is 0 Å². The van der Waals surface area contributed by atoms with Crippen LogP contribution in [-0.2, 0) is 12.0 Å². The van der Waals surface area contributed by atoms with Crippen molar-refractivity contribution < 1.29 is 15.3 Å². The zero-order valence-corrected chi connectivity index (χ0v) is 19.7. The van der Waals surface area contributed by atoms with E-state index in [0.29, 0.717) is 6.42 Å². The number of aliphatic hydroxyl groups excluding tert-OH is 1. The zero-order valence-electron chi connectivity index (χ0n) is 18.8. The summed E-state index contributed by atoms with van der Waals surface area (Å²) in [4.78, 5) is 0. The summed E-state index contributed by atoms with van der Waals surface area (Å²) in [5, 5.41) is 35.6. The molecule has 4 heteroatoms. The van der Waals surface area contributed by atoms with Crippen molar-refractivity contribution in [3.05, 3.63) is 76.1 Å². The smallest absolute Gasteiger partial charge is 0.127 e. The summed E-state index contributed by atoms with van der Waals surface area (Å²) < 4.78 is 0. The fourth-order valence-electron chi connectivity index (χ4n) is 3.95. The van der Waals surface area contributed by atoms with Gasteiger partial charge in [-0.25, -0.2) is 0 Å². The van der Waals surface area contributed by atoms with Gasteiger partial charge in [-0.1, -0.05) is 68.8 Å². The van der Waals surface area contributed by atoms with Gasteiger partial charge in [-0.15, -0.1) is 0 Å². The highest BCUT2D eigenvalue weighted by Crippen LogP contribution is 2.54. The largest absolute Gasteiger partial charge is 0.507 e. The number of phenolic OH excluding ortho intramolecular Hbond substituents is 1. The van der Waals surface area contributed by atoms with Crippen molar-refractivity contribution in [3.8, 4) is 5.75 Å². The van der Waals surface area contributed by atoms with E-state index >= 15 is 0 Å². The van der Waals surface area contributed by atoms with Crippen LogP contribution in [0.4, 0.5) is 0 Å². The van der Waals surface area contributed by atoms with E-state index in [1.165, 1.54) is 0 Å². The third kappa shape index (κ3) is 4.39. The van der Waals surface area contributed by atoms with Crippen molar-refractivity contribution in [3.63, 3.8) is 0 Å². The first-order valence-electron chi connectivity index (χ1n) is 10.4. The summed E-state index contributed by atoms with van der Waals surface area (Å²) in [6.07, 6.45) is 4.64. The highest BCUT2D eigenvalue weighted by atomic mass is 31.1. The first kappa shape index (κ1) is 22.7. The average Bonchev–Trinajstić information content (AvgIpc) is 2.67. The van der Waals surface area contributed by atoms with E-state index in [0.717, 1.165) is 38.2 Å². The molecule has 0 heterocycles. The van der Waals surface area contributed by atoms with Gasteiger partial charge in [-0.05, 0) is 68.3 Å². The molecule has 3 rings (SSSR count). The molecule has 0 aromatic heterocycles. The molecule has 0 spiro atoms. The second-order valence-electron chi connectivity index (χ2n) is 9.51. The molecule has 0 saturated heterocycles. The number of hydrogen-bond donors (Lipinski definition) is 3. The number of aliphatic hydroxyl groups is 2. The Balaban J connectivity index is 2.38. The fourth-order valence-corrected chi connectivity index (χ4v) is 6.97. The van der Waals surface area contributed by atoms with Crippen LogP contribution in [0.15, 0.2) is 59.4 Å². The van der Waals surface area contributed by atoms with Crippen LogP contribution in [0.1, 0.15) is 57.7 Å². The number of benzene rings is 2. The molecule has 2 atom stereocenters. The van der Waals surface area contributed by atoms with Crippen LogP contribution in [0.25, 0.3) is 0 Å². The minimum Gasteiger partial charge on any atom is -0.507 e. The molecular weight excluding hydrogens is 391 g/mol. The number of aryl methyl sites for hydroxylation is 1. The van der Waals surface area contributed by atoms with Crippen LogP contribution in [0.5, 0.6) is 5.75 Å². The number of hydrogen-bond acceptors (Lipinski definition) is 3. The molecular formula is C26H33O3P. The predicted octanol–water partition coefficient (Wildman–Crippen LogP) is 4.91. The average molecular weight is 425 g/mol. The van der Waals surface area contributed by atoms with Crippen LogP contribution >= 0.6 is 7.92 Å². The molecule has 0 bridgehead atoms. The normalized spacial score (nSPS) is 20.5. The third-order valence-corrected chi connectivity index (χ3v) is 8.50. The topological polar surface area (TPSA) is 60.7 Å². The Morgan fingerprint density at radius 3 is 2.37 bits per heavy atom. The molecule has 2 aromatic rings. The Bertz CT molecular complexity index is 1010. The molecule has 0 saturated carbocycles. The molecule has 160 valence electrons. The molecule has 30 heavy (non-hydrogen) atoms. The summed E-state index contributed by atoms with van der Waals surface area (Å²) in [6.45, 7) is 12.1. The Kier molecular flexibility index (Phi) is 6.30. The van der Waals surface area contributed by atoms with Crippen LogP contribution < -0.4 is 10.6 Å². The van der Waals surface area contributed by atoms with Gasteiger partial charge in [-0.2, -0.15) is 0 Å². The number of phenols is 1. The van der Waals surface area contributed by atoms with E-state index in [1.54, 1.807) is 0 Å². The number of aromatic hydroxyl groups is 1. The highest BCUT2D eigenvalue weighted by Gasteiger charge is 2.37. The summed E-state index contributed by atoms with van der Waals surface area (Å²) in [5.74, 6) is 0.288. The molecule has 2 aromatic carbocycles. The quantitative estimate of drug-likeness (QED) is 0.612. The summed E-state index contributed by atoms with van der Waals surface area (Å²) >= 11 is 0. The lowest BCUT2D eigenvalue weighted by molar-refractivity contribution is 0.109. The Labute approximate surface area is 181 Å². The van der Waals surface area contributed by atoms with Crippen molar-refractivity contribution in [1.82, 2.24) is 0 Å². The van der Waals surface area contributed by atoms with E-state index in [4.69, 9.17) is 0 Å². The molecule has 3 nitrogen and oxygen atoms in total. The van der Waals surface area contributed by atoms with Crippen molar-refractivity contribution in [2.75, 3.05) is 0 Å². The van der Waals surface area contributed by atoms with Crippen molar-refractivity contribution in [1.29, 1.82) is 0 Å². The van der Waals surface area contributed by atoms with Gasteiger partial charge in [0.1, 0.15) is 5.75 Å². The van der Waals surface area contributed by atoms with Crippen molar-refractivity contribution >= 4 is 18.5 Å². The maximum absolute atomic E-state index is 11.4. The van der Waals surface area contributed by atoms with Gasteiger partial charge in [0.25, 0.3) is 0 Å². The summed E-state index contributed by atoms with van der Waals surface area (Å²) in [7, 11) is -1.25. The van der Waals surface area contributed by atoms with E-state index in [1.807, 2.05) is 63.2 Å². The predicted molar refractivity (Wildman–Crippen MR) is 127 cm³/mol. The first-order chi connectivity index (χ1) is 14.0. The fraction of sp³-hybridized carbons (Fsp3) is 0.385. The maximum Gasteiger partial charge on any atom is 0.127 e. The third-order valence-electron chi connectivity index (χ3n) is 5.66. The molecule has 0 fully saturated rings. The van der Waals surface area contributed by atoms with Gasteiger partial charge in [-0.3, -0.25) is 0 Å². The number of allylic oxidation sites excluding steroid dienone is 2. The highest BCUT2D eigenvalue weighted by molar-refractivity contribution is 7.77.